The lowest BCUT2D eigenvalue weighted by Gasteiger charge is -2.20. The average Bonchev–Trinajstić information content (AvgIpc) is 3.36. The molecule has 2 aromatic heterocycles. The topological polar surface area (TPSA) is 25.8 Å². The quantitative estimate of drug-likeness (QED) is 0.143. The molecule has 2 nitrogen and oxygen atoms in total. The number of hydrogen-bond acceptors (Lipinski definition) is 2. The summed E-state index contributed by atoms with van der Waals surface area (Å²) in [6.07, 6.45) is 0. The molecule has 2 heterocycles. The predicted octanol–water partition coefficient (Wildman–Crippen LogP) is 16.1. The maximum absolute atomic E-state index is 5.35. The molecule has 9 aromatic carbocycles. The van der Waals surface area contributed by atoms with Crippen LogP contribution in [0.2, 0.25) is 0 Å². The lowest BCUT2D eigenvalue weighted by Crippen LogP contribution is -1.95. The number of hydrogen-bond donors (Lipinski definition) is 0. The summed E-state index contributed by atoms with van der Waals surface area (Å²) in [7, 11) is 0. The van der Waals surface area contributed by atoms with E-state index in [0.717, 1.165) is 67.3 Å². The lowest BCUT2D eigenvalue weighted by atomic mass is 9.84. The number of nitrogens with zero attached hydrogens (tertiary/aromatic N) is 2. The minimum Gasteiger partial charge on any atom is -0.248 e. The number of fused-ring (bicyclic) bond motifs is 2. The maximum atomic E-state index is 5.35. The molecule has 0 aliphatic heterocycles. The van der Waals surface area contributed by atoms with Crippen molar-refractivity contribution in [1.82, 2.24) is 9.97 Å². The molecule has 2 heteroatoms. The van der Waals surface area contributed by atoms with Gasteiger partial charge in [0.05, 0.1) is 22.8 Å². The second kappa shape index (κ2) is 16.1. The molecule has 0 unspecified atom stereocenters. The van der Waals surface area contributed by atoms with E-state index >= 15 is 0 Å². The van der Waals surface area contributed by atoms with E-state index in [9.17, 15) is 0 Å². The smallest absolute Gasteiger partial charge is 0.0715 e. The van der Waals surface area contributed by atoms with E-state index in [1.54, 1.807) is 0 Å². The van der Waals surface area contributed by atoms with Gasteiger partial charge in [-0.3, -0.25) is 0 Å². The Morgan fingerprint density at radius 1 is 0.177 bits per heavy atom. The van der Waals surface area contributed by atoms with Crippen LogP contribution >= 0.6 is 0 Å². The third kappa shape index (κ3) is 7.04. The summed E-state index contributed by atoms with van der Waals surface area (Å²) in [4.78, 5) is 10.7. The molecule has 0 amide bonds. The summed E-state index contributed by atoms with van der Waals surface area (Å²) in [5.74, 6) is 0. The molecule has 11 rings (SSSR count). The van der Waals surface area contributed by atoms with Crippen molar-refractivity contribution in [1.29, 1.82) is 0 Å². The molecule has 0 bridgehead atoms. The van der Waals surface area contributed by atoms with Gasteiger partial charge in [0.1, 0.15) is 0 Å². The highest BCUT2D eigenvalue weighted by Crippen LogP contribution is 2.46. The van der Waals surface area contributed by atoms with Crippen molar-refractivity contribution in [2.75, 3.05) is 0 Å². The van der Waals surface area contributed by atoms with E-state index in [2.05, 4.69) is 243 Å². The highest BCUT2D eigenvalue weighted by molar-refractivity contribution is 6.22. The molecule has 0 atom stereocenters. The largest absolute Gasteiger partial charge is 0.248 e. The molecule has 0 N–H and O–H groups in total. The van der Waals surface area contributed by atoms with Crippen molar-refractivity contribution in [3.8, 4) is 89.5 Å². The SMILES string of the molecule is c1ccc(-c2cc(-c3ccccc3)nc(-c3ccc4c(-c5ccccc5)c5cc(-c6cc(-c7ccccc7)cc(-c7ccccc7)n6)ccc5c(-c5ccccc5)c4c3)c2)cc1. The number of benzene rings is 9. The van der Waals surface area contributed by atoms with Crippen molar-refractivity contribution in [2.24, 2.45) is 0 Å². The zero-order chi connectivity index (χ0) is 41.2. The first-order chi connectivity index (χ1) is 30.7. The van der Waals surface area contributed by atoms with Crippen LogP contribution in [0.4, 0.5) is 0 Å². The van der Waals surface area contributed by atoms with E-state index < -0.39 is 0 Å². The van der Waals surface area contributed by atoms with Crippen molar-refractivity contribution >= 4 is 21.5 Å². The van der Waals surface area contributed by atoms with Gasteiger partial charge in [-0.05, 0) is 102 Å². The Balaban J connectivity index is 1.18. The van der Waals surface area contributed by atoms with Gasteiger partial charge < -0.3 is 0 Å². The fourth-order valence-corrected chi connectivity index (χ4v) is 8.84. The fraction of sp³-hybridized carbons (Fsp3) is 0. The molecular formula is C60H40N2. The molecule has 0 aliphatic carbocycles. The van der Waals surface area contributed by atoms with Crippen LogP contribution < -0.4 is 0 Å². The molecule has 0 saturated heterocycles. The minimum atomic E-state index is 0.932. The first-order valence-electron chi connectivity index (χ1n) is 21.1. The summed E-state index contributed by atoms with van der Waals surface area (Å²) >= 11 is 0. The zero-order valence-corrected chi connectivity index (χ0v) is 34.0. The number of pyridine rings is 2. The van der Waals surface area contributed by atoms with Gasteiger partial charge in [-0.2, -0.15) is 0 Å². The maximum Gasteiger partial charge on any atom is 0.0715 e. The summed E-state index contributed by atoms with van der Waals surface area (Å²) in [5, 5.41) is 4.72. The van der Waals surface area contributed by atoms with E-state index in [1.807, 2.05) is 0 Å². The zero-order valence-electron chi connectivity index (χ0n) is 34.0. The molecule has 62 heavy (non-hydrogen) atoms. The highest BCUT2D eigenvalue weighted by Gasteiger charge is 2.20. The molecule has 0 aliphatic rings. The highest BCUT2D eigenvalue weighted by atomic mass is 14.7. The molecule has 0 fully saturated rings. The molecule has 11 aromatic rings. The molecule has 0 saturated carbocycles. The van der Waals surface area contributed by atoms with Gasteiger partial charge >= 0.3 is 0 Å². The van der Waals surface area contributed by atoms with Gasteiger partial charge in [-0.15, -0.1) is 0 Å². The standard InChI is InChI=1S/C60H40N2/c1-7-19-41(20-8-1)49-37-55(43-23-11-3-12-24-43)61-57(39-49)47-31-33-51-53(35-47)59(45-27-15-5-16-28-45)52-34-32-48(36-54(52)60(51)46-29-17-6-18-30-46)58-40-50(42-21-9-2-10-22-42)38-56(62-58)44-25-13-4-14-26-44/h1-40H. The van der Waals surface area contributed by atoms with Gasteiger partial charge in [0.15, 0.2) is 0 Å². The molecule has 290 valence electrons. The Labute approximate surface area is 362 Å². The van der Waals surface area contributed by atoms with Gasteiger partial charge in [0.25, 0.3) is 0 Å². The van der Waals surface area contributed by atoms with Crippen molar-refractivity contribution in [3.63, 3.8) is 0 Å². The Morgan fingerprint density at radius 2 is 0.452 bits per heavy atom. The third-order valence-corrected chi connectivity index (χ3v) is 11.8. The normalized spacial score (nSPS) is 11.2. The monoisotopic (exact) mass is 788 g/mol. The Hall–Kier alpha value is -8.20. The Bertz CT molecular complexity index is 3000. The van der Waals surface area contributed by atoms with Crippen LogP contribution in [0, 0.1) is 0 Å². The summed E-state index contributed by atoms with van der Waals surface area (Å²) in [6, 6.07) is 86.5. The third-order valence-electron chi connectivity index (χ3n) is 11.8. The summed E-state index contributed by atoms with van der Waals surface area (Å²) in [6.45, 7) is 0. The lowest BCUT2D eigenvalue weighted by molar-refractivity contribution is 1.32. The summed E-state index contributed by atoms with van der Waals surface area (Å²) < 4.78 is 0. The second-order valence-electron chi connectivity index (χ2n) is 15.7. The van der Waals surface area contributed by atoms with Crippen molar-refractivity contribution < 1.29 is 0 Å². The van der Waals surface area contributed by atoms with Crippen LogP contribution in [0.25, 0.3) is 111 Å². The van der Waals surface area contributed by atoms with E-state index in [1.165, 1.54) is 43.8 Å². The van der Waals surface area contributed by atoms with Crippen molar-refractivity contribution in [2.45, 2.75) is 0 Å². The van der Waals surface area contributed by atoms with Crippen LogP contribution in [0.3, 0.4) is 0 Å². The van der Waals surface area contributed by atoms with E-state index in [0.29, 0.717) is 0 Å². The summed E-state index contributed by atoms with van der Waals surface area (Å²) in [5.41, 5.74) is 17.4. The Morgan fingerprint density at radius 3 is 0.774 bits per heavy atom. The van der Waals surface area contributed by atoms with Gasteiger partial charge in [-0.1, -0.05) is 206 Å². The van der Waals surface area contributed by atoms with E-state index in [-0.39, 0.29) is 0 Å². The van der Waals surface area contributed by atoms with Gasteiger partial charge in [0, 0.05) is 22.3 Å². The molecule has 0 spiro atoms. The first kappa shape index (κ1) is 36.8. The van der Waals surface area contributed by atoms with Crippen LogP contribution in [0.1, 0.15) is 0 Å². The average molecular weight is 789 g/mol. The minimum absolute atomic E-state index is 0.932. The van der Waals surface area contributed by atoms with Crippen LogP contribution in [0.15, 0.2) is 243 Å². The van der Waals surface area contributed by atoms with Crippen LogP contribution in [0.5, 0.6) is 0 Å². The van der Waals surface area contributed by atoms with Crippen molar-refractivity contribution in [3.05, 3.63) is 243 Å². The number of rotatable bonds is 8. The van der Waals surface area contributed by atoms with Crippen LogP contribution in [-0.4, -0.2) is 9.97 Å². The second-order valence-corrected chi connectivity index (χ2v) is 15.7. The van der Waals surface area contributed by atoms with Gasteiger partial charge in [-0.25, -0.2) is 9.97 Å². The molecule has 0 radical (unpaired) electrons. The van der Waals surface area contributed by atoms with E-state index in [4.69, 9.17) is 9.97 Å². The van der Waals surface area contributed by atoms with Crippen LogP contribution in [-0.2, 0) is 0 Å². The van der Waals surface area contributed by atoms with Gasteiger partial charge in [0.2, 0.25) is 0 Å². The Kier molecular flexibility index (Phi) is 9.57. The predicted molar refractivity (Wildman–Crippen MR) is 261 cm³/mol. The fourth-order valence-electron chi connectivity index (χ4n) is 8.84. The first-order valence-corrected chi connectivity index (χ1v) is 21.1. The molecular weight excluding hydrogens is 749 g/mol. The number of aromatic nitrogens is 2.